The molecule has 0 bridgehead atoms. The van der Waals surface area contributed by atoms with Crippen LogP contribution >= 0.6 is 0 Å². The molecule has 2 atom stereocenters. The number of methoxy groups -OCH3 is 1. The van der Waals surface area contributed by atoms with Gasteiger partial charge in [0, 0.05) is 22.8 Å². The lowest BCUT2D eigenvalue weighted by atomic mass is 9.87. The zero-order valence-corrected chi connectivity index (χ0v) is 19.6. The van der Waals surface area contributed by atoms with Gasteiger partial charge in [-0.25, -0.2) is 14.4 Å². The van der Waals surface area contributed by atoms with Crippen LogP contribution in [-0.4, -0.2) is 36.7 Å². The molecule has 0 fully saturated rings. The minimum Gasteiger partial charge on any atom is -0.483 e. The number of carbonyl (C=O) groups is 3. The Hall–Kier alpha value is -3.35. The lowest BCUT2D eigenvalue weighted by Crippen LogP contribution is -2.52. The molecule has 0 N–H and O–H groups in total. The predicted octanol–water partition coefficient (Wildman–Crippen LogP) is 4.47. The largest absolute Gasteiger partial charge is 0.483 e. The third kappa shape index (κ3) is 5.66. The maximum absolute atomic E-state index is 12.7. The van der Waals surface area contributed by atoms with Crippen molar-refractivity contribution in [2.45, 2.75) is 59.4 Å². The van der Waals surface area contributed by atoms with E-state index in [2.05, 4.69) is 4.74 Å². The van der Waals surface area contributed by atoms with Crippen molar-refractivity contribution in [3.05, 3.63) is 58.7 Å². The highest BCUT2D eigenvalue weighted by Gasteiger charge is 2.49. The summed E-state index contributed by atoms with van der Waals surface area (Å²) in [5, 5.41) is 0. The summed E-state index contributed by atoms with van der Waals surface area (Å²) >= 11 is 0. The Labute approximate surface area is 188 Å². The number of rotatable bonds is 6. The number of fused-ring (bicyclic) bond motifs is 1. The van der Waals surface area contributed by atoms with Crippen LogP contribution in [-0.2, 0) is 28.6 Å². The standard InChI is InChI=1S/C25H30O7/c1-8-15(3)23(27)30-21-18-14-17(11-13-20(26)29-7)10-12-19(18)32-25(5,6)22(21)31-24(28)16(4)9-2/h8-14,21-22H,1-7H3/b13-11+,15-8+,16-9+/t21-,22-/m0/s1. The van der Waals surface area contributed by atoms with Crippen LogP contribution in [0.1, 0.15) is 58.8 Å². The molecule has 7 heteroatoms. The molecule has 0 aliphatic carbocycles. The SMILES string of the molecule is C/C=C(\C)C(=O)O[C@H]1c2cc(/C=C/C(=O)OC)ccc2OC(C)(C)[C@H]1OC(=O)/C(C)=C/C. The second-order valence-corrected chi connectivity index (χ2v) is 7.95. The Morgan fingerprint density at radius 1 is 1.00 bits per heavy atom. The van der Waals surface area contributed by atoms with Gasteiger partial charge in [0.15, 0.2) is 12.2 Å². The molecule has 7 nitrogen and oxygen atoms in total. The zero-order chi connectivity index (χ0) is 24.1. The molecule has 0 saturated carbocycles. The molecular formula is C25H30O7. The fraction of sp³-hybridized carbons (Fsp3) is 0.400. The summed E-state index contributed by atoms with van der Waals surface area (Å²) in [7, 11) is 1.29. The maximum Gasteiger partial charge on any atom is 0.334 e. The van der Waals surface area contributed by atoms with E-state index in [0.717, 1.165) is 0 Å². The van der Waals surface area contributed by atoms with Gasteiger partial charge in [-0.1, -0.05) is 18.2 Å². The second kappa shape index (κ2) is 10.3. The zero-order valence-electron chi connectivity index (χ0n) is 19.6. The molecule has 0 amide bonds. The summed E-state index contributed by atoms with van der Waals surface area (Å²) in [5.74, 6) is -1.06. The molecule has 1 heterocycles. The Bertz CT molecular complexity index is 982. The van der Waals surface area contributed by atoms with Crippen molar-refractivity contribution in [1.82, 2.24) is 0 Å². The number of hydrogen-bond acceptors (Lipinski definition) is 7. The van der Waals surface area contributed by atoms with Crippen LogP contribution in [0.4, 0.5) is 0 Å². The Kier molecular flexibility index (Phi) is 8.02. The molecule has 1 aliphatic rings. The number of ether oxygens (including phenoxy) is 4. The molecule has 2 rings (SSSR count). The van der Waals surface area contributed by atoms with E-state index in [0.29, 0.717) is 28.0 Å². The highest BCUT2D eigenvalue weighted by molar-refractivity contribution is 5.89. The van der Waals surface area contributed by atoms with Gasteiger partial charge >= 0.3 is 17.9 Å². The van der Waals surface area contributed by atoms with E-state index in [4.69, 9.17) is 14.2 Å². The van der Waals surface area contributed by atoms with Gasteiger partial charge in [0.25, 0.3) is 0 Å². The van der Waals surface area contributed by atoms with Crippen LogP contribution in [0.3, 0.4) is 0 Å². The topological polar surface area (TPSA) is 88.1 Å². The summed E-state index contributed by atoms with van der Waals surface area (Å²) in [6.45, 7) is 10.3. The van der Waals surface area contributed by atoms with Gasteiger partial charge in [0.1, 0.15) is 11.4 Å². The number of carbonyl (C=O) groups excluding carboxylic acids is 3. The van der Waals surface area contributed by atoms with Crippen molar-refractivity contribution in [2.75, 3.05) is 7.11 Å². The molecule has 0 radical (unpaired) electrons. The average Bonchev–Trinajstić information content (AvgIpc) is 2.77. The van der Waals surface area contributed by atoms with Gasteiger partial charge in [0.05, 0.1) is 7.11 Å². The summed E-state index contributed by atoms with van der Waals surface area (Å²) < 4.78 is 22.4. The first-order chi connectivity index (χ1) is 15.0. The van der Waals surface area contributed by atoms with Gasteiger partial charge in [-0.2, -0.15) is 0 Å². The van der Waals surface area contributed by atoms with Gasteiger partial charge in [-0.05, 0) is 65.3 Å². The Morgan fingerprint density at radius 3 is 2.16 bits per heavy atom. The van der Waals surface area contributed by atoms with E-state index in [-0.39, 0.29) is 0 Å². The minimum absolute atomic E-state index is 0.423. The molecule has 0 saturated heterocycles. The number of esters is 3. The summed E-state index contributed by atoms with van der Waals surface area (Å²) in [4.78, 5) is 36.7. The fourth-order valence-corrected chi connectivity index (χ4v) is 3.07. The van der Waals surface area contributed by atoms with Crippen LogP contribution in [0.2, 0.25) is 0 Å². The molecule has 172 valence electrons. The van der Waals surface area contributed by atoms with Gasteiger partial charge < -0.3 is 18.9 Å². The Morgan fingerprint density at radius 2 is 1.59 bits per heavy atom. The molecule has 0 unspecified atom stereocenters. The summed E-state index contributed by atoms with van der Waals surface area (Å²) in [6.07, 6.45) is 4.32. The normalized spacial score (nSPS) is 20.2. The highest BCUT2D eigenvalue weighted by atomic mass is 16.6. The molecular weight excluding hydrogens is 412 g/mol. The first-order valence-corrected chi connectivity index (χ1v) is 10.3. The highest BCUT2D eigenvalue weighted by Crippen LogP contribution is 2.44. The van der Waals surface area contributed by atoms with Crippen molar-refractivity contribution in [3.8, 4) is 5.75 Å². The molecule has 1 aliphatic heterocycles. The molecule has 1 aromatic carbocycles. The summed E-state index contributed by atoms with van der Waals surface area (Å²) in [6, 6.07) is 5.23. The van der Waals surface area contributed by atoms with Crippen LogP contribution in [0.15, 0.2) is 47.6 Å². The quantitative estimate of drug-likeness (QED) is 0.365. The summed E-state index contributed by atoms with van der Waals surface area (Å²) in [5.41, 5.74) is 1.07. The van der Waals surface area contributed by atoms with Crippen LogP contribution in [0.5, 0.6) is 5.75 Å². The predicted molar refractivity (Wildman–Crippen MR) is 120 cm³/mol. The van der Waals surface area contributed by atoms with Crippen LogP contribution in [0, 0.1) is 0 Å². The average molecular weight is 443 g/mol. The van der Waals surface area contributed by atoms with Crippen LogP contribution in [0.25, 0.3) is 6.08 Å². The lowest BCUT2D eigenvalue weighted by Gasteiger charge is -2.43. The number of benzene rings is 1. The van der Waals surface area contributed by atoms with E-state index < -0.39 is 35.7 Å². The lowest BCUT2D eigenvalue weighted by molar-refractivity contribution is -0.185. The van der Waals surface area contributed by atoms with Gasteiger partial charge in [-0.3, -0.25) is 0 Å². The van der Waals surface area contributed by atoms with E-state index in [1.54, 1.807) is 78.0 Å². The van der Waals surface area contributed by atoms with Crippen LogP contribution < -0.4 is 4.74 Å². The third-order valence-electron chi connectivity index (χ3n) is 5.26. The fourth-order valence-electron chi connectivity index (χ4n) is 3.07. The van der Waals surface area contributed by atoms with Gasteiger partial charge in [-0.15, -0.1) is 0 Å². The first-order valence-electron chi connectivity index (χ1n) is 10.3. The molecule has 32 heavy (non-hydrogen) atoms. The molecule has 0 spiro atoms. The smallest absolute Gasteiger partial charge is 0.334 e. The van der Waals surface area contributed by atoms with Crippen molar-refractivity contribution in [2.24, 2.45) is 0 Å². The van der Waals surface area contributed by atoms with E-state index >= 15 is 0 Å². The molecule has 0 aromatic heterocycles. The molecule has 1 aromatic rings. The number of allylic oxidation sites excluding steroid dienone is 2. The first kappa shape index (κ1) is 24.9. The van der Waals surface area contributed by atoms with Crippen molar-refractivity contribution in [1.29, 1.82) is 0 Å². The van der Waals surface area contributed by atoms with Crippen molar-refractivity contribution < 1.29 is 33.3 Å². The van der Waals surface area contributed by atoms with E-state index in [9.17, 15) is 14.4 Å². The Balaban J connectivity index is 2.57. The van der Waals surface area contributed by atoms with Crippen molar-refractivity contribution >= 4 is 24.0 Å². The monoisotopic (exact) mass is 442 g/mol. The minimum atomic E-state index is -0.977. The van der Waals surface area contributed by atoms with Gasteiger partial charge in [0.2, 0.25) is 0 Å². The van der Waals surface area contributed by atoms with Crippen molar-refractivity contribution in [3.63, 3.8) is 0 Å². The number of hydrogen-bond donors (Lipinski definition) is 0. The van der Waals surface area contributed by atoms with E-state index in [1.165, 1.54) is 13.2 Å². The van der Waals surface area contributed by atoms with E-state index in [1.807, 2.05) is 0 Å². The third-order valence-corrected chi connectivity index (χ3v) is 5.26. The maximum atomic E-state index is 12.7. The second-order valence-electron chi connectivity index (χ2n) is 7.95.